The van der Waals surface area contributed by atoms with E-state index < -0.39 is 25.7 Å². The molecule has 0 aromatic carbocycles. The minimum absolute atomic E-state index is 0.196. The first-order valence-electron chi connectivity index (χ1n) is 3.78. The SMILES string of the molecule is O=C1CCC(CC(F)F)N1CF. The average Bonchev–Trinajstić information content (AvgIpc) is 2.30. The van der Waals surface area contributed by atoms with Crippen LogP contribution in [0.5, 0.6) is 0 Å². The van der Waals surface area contributed by atoms with Gasteiger partial charge in [0.05, 0.1) is 0 Å². The zero-order valence-corrected chi connectivity index (χ0v) is 6.47. The Kier molecular flexibility index (Phi) is 2.94. The van der Waals surface area contributed by atoms with Crippen LogP contribution in [-0.4, -0.2) is 30.1 Å². The molecule has 1 unspecified atom stereocenters. The lowest BCUT2D eigenvalue weighted by Gasteiger charge is -2.20. The predicted molar refractivity (Wildman–Crippen MR) is 36.5 cm³/mol. The van der Waals surface area contributed by atoms with E-state index in [9.17, 15) is 18.0 Å². The molecule has 1 fully saturated rings. The van der Waals surface area contributed by atoms with E-state index in [-0.39, 0.29) is 12.3 Å². The van der Waals surface area contributed by atoms with Crippen molar-refractivity contribution in [3.8, 4) is 0 Å². The van der Waals surface area contributed by atoms with Crippen LogP contribution in [0.15, 0.2) is 0 Å². The number of rotatable bonds is 3. The zero-order chi connectivity index (χ0) is 9.14. The Hall–Kier alpha value is -0.740. The molecule has 0 bridgehead atoms. The molecule has 0 aromatic heterocycles. The second-order valence-electron chi connectivity index (χ2n) is 2.80. The minimum atomic E-state index is -2.46. The molecule has 0 aromatic rings. The van der Waals surface area contributed by atoms with E-state index in [0.717, 1.165) is 4.90 Å². The lowest BCUT2D eigenvalue weighted by Crippen LogP contribution is -2.33. The first kappa shape index (κ1) is 9.35. The Bertz CT molecular complexity index is 174. The maximum absolute atomic E-state index is 12.1. The number of amides is 1. The molecule has 0 spiro atoms. The fourth-order valence-corrected chi connectivity index (χ4v) is 1.41. The van der Waals surface area contributed by atoms with Gasteiger partial charge in [0.15, 0.2) is 6.80 Å². The van der Waals surface area contributed by atoms with E-state index in [1.54, 1.807) is 0 Å². The molecule has 1 atom stereocenters. The van der Waals surface area contributed by atoms with Crippen molar-refractivity contribution in [1.82, 2.24) is 4.90 Å². The molecule has 0 aliphatic carbocycles. The zero-order valence-electron chi connectivity index (χ0n) is 6.47. The molecule has 0 N–H and O–H groups in total. The van der Waals surface area contributed by atoms with Crippen molar-refractivity contribution >= 4 is 5.91 Å². The summed E-state index contributed by atoms with van der Waals surface area (Å²) in [4.78, 5) is 11.7. The molecule has 5 heteroatoms. The number of hydrogen-bond acceptors (Lipinski definition) is 1. The van der Waals surface area contributed by atoms with Crippen molar-refractivity contribution in [2.75, 3.05) is 6.80 Å². The lowest BCUT2D eigenvalue weighted by atomic mass is 10.1. The number of halogens is 3. The summed E-state index contributed by atoms with van der Waals surface area (Å²) in [5, 5.41) is 0. The molecule has 1 aliphatic heterocycles. The summed E-state index contributed by atoms with van der Waals surface area (Å²) >= 11 is 0. The Labute approximate surface area is 68.3 Å². The van der Waals surface area contributed by atoms with Gasteiger partial charge in [-0.05, 0) is 6.42 Å². The number of hydrogen-bond donors (Lipinski definition) is 0. The van der Waals surface area contributed by atoms with Crippen LogP contribution in [0, 0.1) is 0 Å². The Morgan fingerprint density at radius 1 is 1.58 bits per heavy atom. The highest BCUT2D eigenvalue weighted by atomic mass is 19.3. The maximum Gasteiger partial charge on any atom is 0.240 e. The molecular weight excluding hydrogens is 171 g/mol. The normalized spacial score (nSPS) is 24.2. The van der Waals surface area contributed by atoms with E-state index in [4.69, 9.17) is 0 Å². The Morgan fingerprint density at radius 2 is 2.25 bits per heavy atom. The monoisotopic (exact) mass is 181 g/mol. The third kappa shape index (κ3) is 1.89. The van der Waals surface area contributed by atoms with Crippen LogP contribution in [0.3, 0.4) is 0 Å². The minimum Gasteiger partial charge on any atom is -0.312 e. The Morgan fingerprint density at radius 3 is 2.75 bits per heavy atom. The molecule has 1 amide bonds. The fraction of sp³-hybridized carbons (Fsp3) is 0.857. The van der Waals surface area contributed by atoms with Gasteiger partial charge in [-0.3, -0.25) is 4.79 Å². The summed E-state index contributed by atoms with van der Waals surface area (Å²) in [5.74, 6) is -0.358. The van der Waals surface area contributed by atoms with Crippen LogP contribution in [0.25, 0.3) is 0 Å². The van der Waals surface area contributed by atoms with Gasteiger partial charge in [-0.25, -0.2) is 13.2 Å². The van der Waals surface area contributed by atoms with Gasteiger partial charge in [-0.15, -0.1) is 0 Å². The third-order valence-corrected chi connectivity index (χ3v) is 2.03. The van der Waals surface area contributed by atoms with Crippen LogP contribution in [-0.2, 0) is 4.79 Å². The van der Waals surface area contributed by atoms with Crippen LogP contribution in [0.2, 0.25) is 0 Å². The van der Waals surface area contributed by atoms with Crippen LogP contribution < -0.4 is 0 Å². The molecule has 1 rings (SSSR count). The molecule has 2 nitrogen and oxygen atoms in total. The van der Waals surface area contributed by atoms with E-state index in [1.807, 2.05) is 0 Å². The summed E-state index contributed by atoms with van der Waals surface area (Å²) in [5.41, 5.74) is 0. The number of alkyl halides is 3. The largest absolute Gasteiger partial charge is 0.312 e. The fourth-order valence-electron chi connectivity index (χ4n) is 1.41. The van der Waals surface area contributed by atoms with Crippen molar-refractivity contribution in [1.29, 1.82) is 0 Å². The highest BCUT2D eigenvalue weighted by Crippen LogP contribution is 2.23. The summed E-state index contributed by atoms with van der Waals surface area (Å²) in [6, 6.07) is -0.595. The van der Waals surface area contributed by atoms with Gasteiger partial charge < -0.3 is 4.90 Å². The van der Waals surface area contributed by atoms with Gasteiger partial charge >= 0.3 is 0 Å². The molecule has 1 heterocycles. The first-order valence-corrected chi connectivity index (χ1v) is 3.78. The smallest absolute Gasteiger partial charge is 0.240 e. The van der Waals surface area contributed by atoms with Crippen LogP contribution in [0.1, 0.15) is 19.3 Å². The second-order valence-corrected chi connectivity index (χ2v) is 2.80. The molecule has 70 valence electrons. The standard InChI is InChI=1S/C7H10F3NO/c8-4-11-5(3-6(9)10)1-2-7(11)12/h5-6H,1-4H2. The van der Waals surface area contributed by atoms with E-state index in [2.05, 4.69) is 0 Å². The summed E-state index contributed by atoms with van der Waals surface area (Å²) in [7, 11) is 0. The van der Waals surface area contributed by atoms with Gasteiger partial charge in [0.25, 0.3) is 0 Å². The summed E-state index contributed by atoms with van der Waals surface area (Å²) in [6.45, 7) is -0.948. The number of carbonyl (C=O) groups is 1. The van der Waals surface area contributed by atoms with Crippen molar-refractivity contribution in [3.05, 3.63) is 0 Å². The topological polar surface area (TPSA) is 20.3 Å². The summed E-state index contributed by atoms with van der Waals surface area (Å²) in [6.07, 6.45) is -2.32. The van der Waals surface area contributed by atoms with E-state index in [0.29, 0.717) is 6.42 Å². The molecule has 0 radical (unpaired) electrons. The maximum atomic E-state index is 12.1. The predicted octanol–water partition coefficient (Wildman–Crippen LogP) is 1.56. The van der Waals surface area contributed by atoms with Crippen LogP contribution >= 0.6 is 0 Å². The second kappa shape index (κ2) is 3.78. The van der Waals surface area contributed by atoms with Crippen molar-refractivity contribution in [2.45, 2.75) is 31.7 Å². The van der Waals surface area contributed by atoms with Gasteiger partial charge in [0.2, 0.25) is 12.3 Å². The van der Waals surface area contributed by atoms with Crippen molar-refractivity contribution in [3.63, 3.8) is 0 Å². The molecular formula is C7H10F3NO. The van der Waals surface area contributed by atoms with Gasteiger partial charge in [-0.2, -0.15) is 0 Å². The van der Waals surface area contributed by atoms with E-state index >= 15 is 0 Å². The molecule has 1 aliphatic rings. The summed E-state index contributed by atoms with van der Waals surface area (Å²) < 4.78 is 35.8. The van der Waals surface area contributed by atoms with E-state index in [1.165, 1.54) is 0 Å². The number of nitrogens with zero attached hydrogens (tertiary/aromatic N) is 1. The van der Waals surface area contributed by atoms with Gasteiger partial charge in [0.1, 0.15) is 0 Å². The average molecular weight is 181 g/mol. The molecule has 0 saturated carbocycles. The first-order chi connectivity index (χ1) is 5.65. The van der Waals surface area contributed by atoms with Gasteiger partial charge in [-0.1, -0.05) is 0 Å². The highest BCUT2D eigenvalue weighted by molar-refractivity contribution is 5.78. The highest BCUT2D eigenvalue weighted by Gasteiger charge is 2.32. The lowest BCUT2D eigenvalue weighted by molar-refractivity contribution is -0.131. The molecule has 1 saturated heterocycles. The Balaban J connectivity index is 2.48. The van der Waals surface area contributed by atoms with Gasteiger partial charge in [0, 0.05) is 18.9 Å². The number of likely N-dealkylation sites (tertiary alicyclic amines) is 1. The van der Waals surface area contributed by atoms with Crippen molar-refractivity contribution in [2.24, 2.45) is 0 Å². The quantitative estimate of drug-likeness (QED) is 0.605. The number of carbonyl (C=O) groups excluding carboxylic acids is 1. The third-order valence-electron chi connectivity index (χ3n) is 2.03. The molecule has 12 heavy (non-hydrogen) atoms. The van der Waals surface area contributed by atoms with Crippen molar-refractivity contribution < 1.29 is 18.0 Å². The van der Waals surface area contributed by atoms with Crippen LogP contribution in [0.4, 0.5) is 13.2 Å².